The lowest BCUT2D eigenvalue weighted by molar-refractivity contribution is 0.0754. The Morgan fingerprint density at radius 3 is 2.69 bits per heavy atom. The molecule has 0 unspecified atom stereocenters. The van der Waals surface area contributed by atoms with E-state index in [1.807, 2.05) is 62.2 Å². The summed E-state index contributed by atoms with van der Waals surface area (Å²) in [7, 11) is 3.87. The van der Waals surface area contributed by atoms with Crippen LogP contribution >= 0.6 is 11.3 Å². The average Bonchev–Trinajstić information content (AvgIpc) is 3.26. The Morgan fingerprint density at radius 2 is 2.08 bits per heavy atom. The van der Waals surface area contributed by atoms with Crippen LogP contribution < -0.4 is 4.90 Å². The molecule has 0 radical (unpaired) electrons. The first-order valence-corrected chi connectivity index (χ1v) is 9.68. The zero-order valence-corrected chi connectivity index (χ0v) is 16.7. The molecule has 0 bridgehead atoms. The number of fused-ring (bicyclic) bond motifs is 1. The van der Waals surface area contributed by atoms with Gasteiger partial charge in [-0.15, -0.1) is 11.3 Å². The normalized spacial score (nSPS) is 11.3. The van der Waals surface area contributed by atoms with Crippen molar-refractivity contribution in [2.45, 2.75) is 39.8 Å². The first kappa shape index (κ1) is 18.4. The molecule has 0 aliphatic carbocycles. The molecule has 0 saturated heterocycles. The summed E-state index contributed by atoms with van der Waals surface area (Å²) in [6.45, 7) is 6.83. The van der Waals surface area contributed by atoms with Gasteiger partial charge in [0.25, 0.3) is 5.91 Å². The molecule has 0 saturated carbocycles. The highest BCUT2D eigenvalue weighted by Gasteiger charge is 2.19. The third kappa shape index (κ3) is 3.44. The summed E-state index contributed by atoms with van der Waals surface area (Å²) in [5.74, 6) is 1.03. The number of aromatic nitrogens is 3. The van der Waals surface area contributed by atoms with Gasteiger partial charge >= 0.3 is 0 Å². The van der Waals surface area contributed by atoms with E-state index >= 15 is 0 Å². The number of carbonyl (C=O) groups excluding carboxylic acids is 1. The Kier molecular flexibility index (Phi) is 5.27. The fourth-order valence-electron chi connectivity index (χ4n) is 2.90. The first-order chi connectivity index (χ1) is 12.4. The van der Waals surface area contributed by atoms with Gasteiger partial charge in [-0.05, 0) is 32.4 Å². The molecule has 7 heteroatoms. The number of hydrogen-bond acceptors (Lipinski definition) is 5. The van der Waals surface area contributed by atoms with Gasteiger partial charge in [-0.3, -0.25) is 9.20 Å². The van der Waals surface area contributed by atoms with Crippen molar-refractivity contribution in [1.82, 2.24) is 19.3 Å². The Hall–Kier alpha value is -2.41. The maximum absolute atomic E-state index is 12.7. The Bertz CT molecular complexity index is 900. The molecule has 0 aliphatic heterocycles. The third-order valence-corrected chi connectivity index (χ3v) is 5.32. The number of hydrogen-bond donors (Lipinski definition) is 0. The van der Waals surface area contributed by atoms with E-state index in [0.717, 1.165) is 28.6 Å². The molecule has 6 nitrogen and oxygen atoms in total. The highest BCUT2D eigenvalue weighted by molar-refractivity contribution is 7.09. The van der Waals surface area contributed by atoms with Crippen LogP contribution in [-0.2, 0) is 13.0 Å². The maximum atomic E-state index is 12.7. The van der Waals surface area contributed by atoms with E-state index in [2.05, 4.69) is 16.8 Å². The minimum Gasteiger partial charge on any atom is -0.352 e. The van der Waals surface area contributed by atoms with Crippen molar-refractivity contribution >= 4 is 28.7 Å². The van der Waals surface area contributed by atoms with Gasteiger partial charge in [0, 0.05) is 37.9 Å². The first-order valence-electron chi connectivity index (χ1n) is 8.80. The van der Waals surface area contributed by atoms with Gasteiger partial charge in [0.05, 0.1) is 17.8 Å². The van der Waals surface area contributed by atoms with Gasteiger partial charge in [-0.25, -0.2) is 9.97 Å². The average molecular weight is 372 g/mol. The number of carbonyl (C=O) groups is 1. The van der Waals surface area contributed by atoms with Crippen molar-refractivity contribution in [2.24, 2.45) is 0 Å². The summed E-state index contributed by atoms with van der Waals surface area (Å²) >= 11 is 1.64. The molecule has 138 valence electrons. The number of thiazole rings is 1. The minimum atomic E-state index is 0.0159. The van der Waals surface area contributed by atoms with E-state index < -0.39 is 0 Å². The SMILES string of the molecule is CCc1nc2ccc(C(=O)N(C)C(C)C)cn2c1N(C)Cc1nccs1. The van der Waals surface area contributed by atoms with Crippen LogP contribution in [0.4, 0.5) is 5.82 Å². The molecule has 0 aromatic carbocycles. The van der Waals surface area contributed by atoms with Gasteiger partial charge in [-0.2, -0.15) is 0 Å². The van der Waals surface area contributed by atoms with E-state index in [1.54, 1.807) is 16.2 Å². The van der Waals surface area contributed by atoms with Gasteiger partial charge in [-0.1, -0.05) is 6.92 Å². The molecule has 26 heavy (non-hydrogen) atoms. The number of anilines is 1. The second-order valence-corrected chi connectivity index (χ2v) is 7.65. The van der Waals surface area contributed by atoms with Crippen molar-refractivity contribution < 1.29 is 4.79 Å². The second-order valence-electron chi connectivity index (χ2n) is 6.67. The molecule has 3 heterocycles. The van der Waals surface area contributed by atoms with E-state index in [4.69, 9.17) is 4.98 Å². The molecule has 3 aromatic rings. The van der Waals surface area contributed by atoms with Crippen molar-refractivity contribution in [2.75, 3.05) is 19.0 Å². The van der Waals surface area contributed by atoms with Crippen molar-refractivity contribution in [3.8, 4) is 0 Å². The Balaban J connectivity index is 2.03. The summed E-state index contributed by atoms with van der Waals surface area (Å²) in [5, 5.41) is 3.04. The minimum absolute atomic E-state index is 0.0159. The molecular weight excluding hydrogens is 346 g/mol. The van der Waals surface area contributed by atoms with E-state index in [-0.39, 0.29) is 11.9 Å². The zero-order chi connectivity index (χ0) is 18.8. The topological polar surface area (TPSA) is 53.7 Å². The predicted molar refractivity (Wildman–Crippen MR) is 106 cm³/mol. The molecule has 0 N–H and O–H groups in total. The molecule has 0 spiro atoms. The maximum Gasteiger partial charge on any atom is 0.255 e. The summed E-state index contributed by atoms with van der Waals surface area (Å²) in [4.78, 5) is 25.7. The third-order valence-electron chi connectivity index (χ3n) is 4.56. The van der Waals surface area contributed by atoms with Crippen LogP contribution in [0.2, 0.25) is 0 Å². The zero-order valence-electron chi connectivity index (χ0n) is 15.9. The number of nitrogens with zero attached hydrogens (tertiary/aromatic N) is 5. The lowest BCUT2D eigenvalue weighted by Crippen LogP contribution is -2.33. The van der Waals surface area contributed by atoms with Crippen molar-refractivity contribution in [3.63, 3.8) is 0 Å². The number of rotatable bonds is 6. The van der Waals surface area contributed by atoms with Crippen molar-refractivity contribution in [3.05, 3.63) is 46.2 Å². The molecule has 1 amide bonds. The lowest BCUT2D eigenvalue weighted by Gasteiger charge is -2.22. The monoisotopic (exact) mass is 371 g/mol. The van der Waals surface area contributed by atoms with Crippen LogP contribution in [0.25, 0.3) is 5.65 Å². The molecule has 3 rings (SSSR count). The smallest absolute Gasteiger partial charge is 0.255 e. The van der Waals surface area contributed by atoms with E-state index in [1.165, 1.54) is 0 Å². The largest absolute Gasteiger partial charge is 0.352 e. The Morgan fingerprint density at radius 1 is 1.31 bits per heavy atom. The van der Waals surface area contributed by atoms with Gasteiger partial charge < -0.3 is 9.80 Å². The molecular formula is C19H25N5OS. The number of pyridine rings is 1. The highest BCUT2D eigenvalue weighted by Crippen LogP contribution is 2.25. The standard InChI is InChI=1S/C19H25N5OS/c1-6-15-18(22(4)12-17-20-9-10-26-17)24-11-14(7-8-16(24)21-15)19(25)23(5)13(2)3/h7-11,13H,6,12H2,1-5H3. The van der Waals surface area contributed by atoms with Gasteiger partial charge in [0.2, 0.25) is 0 Å². The summed E-state index contributed by atoms with van der Waals surface area (Å²) in [5.41, 5.74) is 2.54. The van der Waals surface area contributed by atoms with Crippen molar-refractivity contribution in [1.29, 1.82) is 0 Å². The van der Waals surface area contributed by atoms with E-state index in [9.17, 15) is 4.79 Å². The van der Waals surface area contributed by atoms with Crippen LogP contribution in [0.3, 0.4) is 0 Å². The Labute approximate surface area is 158 Å². The number of imidazole rings is 1. The lowest BCUT2D eigenvalue weighted by atomic mass is 10.2. The highest BCUT2D eigenvalue weighted by atomic mass is 32.1. The fourth-order valence-corrected chi connectivity index (χ4v) is 3.56. The fraction of sp³-hybridized carbons (Fsp3) is 0.421. The molecule has 3 aromatic heterocycles. The molecule has 0 fully saturated rings. The molecule has 0 atom stereocenters. The number of aryl methyl sites for hydroxylation is 1. The number of amides is 1. The van der Waals surface area contributed by atoms with Crippen LogP contribution in [0.15, 0.2) is 29.9 Å². The predicted octanol–water partition coefficient (Wildman–Crippen LogP) is 3.47. The molecule has 0 aliphatic rings. The van der Waals surface area contributed by atoms with E-state index in [0.29, 0.717) is 12.1 Å². The second kappa shape index (κ2) is 7.45. The summed E-state index contributed by atoms with van der Waals surface area (Å²) in [6.07, 6.45) is 4.55. The van der Waals surface area contributed by atoms with Crippen LogP contribution in [0, 0.1) is 0 Å². The van der Waals surface area contributed by atoms with Crippen LogP contribution in [0.5, 0.6) is 0 Å². The van der Waals surface area contributed by atoms with Crippen LogP contribution in [-0.4, -0.2) is 45.3 Å². The van der Waals surface area contributed by atoms with Gasteiger partial charge in [0.15, 0.2) is 0 Å². The van der Waals surface area contributed by atoms with Crippen LogP contribution in [0.1, 0.15) is 41.8 Å². The summed E-state index contributed by atoms with van der Waals surface area (Å²) < 4.78 is 2.02. The summed E-state index contributed by atoms with van der Waals surface area (Å²) in [6, 6.07) is 3.92. The quantitative estimate of drug-likeness (QED) is 0.666. The van der Waals surface area contributed by atoms with Gasteiger partial charge in [0.1, 0.15) is 16.5 Å².